The molecule has 0 aliphatic carbocycles. The number of amides is 1. The Kier molecular flexibility index (Phi) is 5.45. The second-order valence-corrected chi connectivity index (χ2v) is 6.60. The Morgan fingerprint density at radius 1 is 1.48 bits per heavy atom. The van der Waals surface area contributed by atoms with Crippen molar-refractivity contribution in [2.75, 3.05) is 27.2 Å². The van der Waals surface area contributed by atoms with Gasteiger partial charge in [-0.2, -0.15) is 4.98 Å². The van der Waals surface area contributed by atoms with Crippen LogP contribution >= 0.6 is 0 Å². The highest BCUT2D eigenvalue weighted by Crippen LogP contribution is 2.19. The monoisotopic (exact) mass is 343 g/mol. The maximum atomic E-state index is 11.8. The molecular formula is C18H25N5O2. The molecule has 7 nitrogen and oxygen atoms in total. The van der Waals surface area contributed by atoms with E-state index in [1.54, 1.807) is 14.0 Å². The minimum atomic E-state index is -0.0451. The maximum Gasteiger partial charge on any atom is 0.251 e. The van der Waals surface area contributed by atoms with Gasteiger partial charge in [0.05, 0.1) is 6.54 Å². The van der Waals surface area contributed by atoms with Crippen LogP contribution in [0.3, 0.4) is 0 Å². The number of likely N-dealkylation sites (N-methyl/N-ethyl adjacent to an activating group) is 1. The Hall–Kier alpha value is -2.25. The van der Waals surface area contributed by atoms with Crippen molar-refractivity contribution in [2.24, 2.45) is 0 Å². The van der Waals surface area contributed by atoms with Gasteiger partial charge in [-0.05, 0) is 31.2 Å². The van der Waals surface area contributed by atoms with Gasteiger partial charge in [0.25, 0.3) is 5.91 Å². The van der Waals surface area contributed by atoms with Crippen molar-refractivity contribution in [2.45, 2.75) is 32.5 Å². The predicted octanol–water partition coefficient (Wildman–Crippen LogP) is 1.44. The number of carbonyl (C=O) groups is 1. The second kappa shape index (κ2) is 7.76. The number of hydrogen-bond donors (Lipinski definition) is 1. The summed E-state index contributed by atoms with van der Waals surface area (Å²) in [5, 5.41) is 6.64. The Bertz CT molecular complexity index is 730. The zero-order valence-corrected chi connectivity index (χ0v) is 15.0. The number of hydrogen-bond acceptors (Lipinski definition) is 6. The number of benzene rings is 1. The van der Waals surface area contributed by atoms with E-state index in [2.05, 4.69) is 38.4 Å². The molecule has 2 aromatic rings. The highest BCUT2D eigenvalue weighted by molar-refractivity contribution is 5.94. The summed E-state index contributed by atoms with van der Waals surface area (Å²) in [6.07, 6.45) is 1.11. The van der Waals surface area contributed by atoms with Crippen LogP contribution < -0.4 is 5.32 Å². The minimum absolute atomic E-state index is 0.0451. The van der Waals surface area contributed by atoms with Gasteiger partial charge in [0.15, 0.2) is 5.82 Å². The van der Waals surface area contributed by atoms with E-state index in [-0.39, 0.29) is 5.91 Å². The molecule has 7 heteroatoms. The smallest absolute Gasteiger partial charge is 0.251 e. The molecule has 134 valence electrons. The molecular weight excluding hydrogens is 318 g/mol. The lowest BCUT2D eigenvalue weighted by atomic mass is 10.1. The first-order valence-electron chi connectivity index (χ1n) is 8.58. The largest absolute Gasteiger partial charge is 0.355 e. The Balaban J connectivity index is 1.55. The van der Waals surface area contributed by atoms with Crippen LogP contribution in [0.5, 0.6) is 0 Å². The summed E-state index contributed by atoms with van der Waals surface area (Å²) < 4.78 is 5.04. The zero-order chi connectivity index (χ0) is 17.8. The molecule has 3 rings (SSSR count). The molecule has 1 saturated heterocycles. The Morgan fingerprint density at radius 2 is 2.32 bits per heavy atom. The van der Waals surface area contributed by atoms with E-state index in [9.17, 15) is 4.79 Å². The Morgan fingerprint density at radius 3 is 3.04 bits per heavy atom. The van der Waals surface area contributed by atoms with E-state index >= 15 is 0 Å². The lowest BCUT2D eigenvalue weighted by molar-refractivity contribution is 0.0963. The number of nitrogens with one attached hydrogen (secondary N) is 1. The minimum Gasteiger partial charge on any atom is -0.355 e. The fraction of sp³-hybridized carbons (Fsp3) is 0.500. The van der Waals surface area contributed by atoms with E-state index in [4.69, 9.17) is 4.52 Å². The van der Waals surface area contributed by atoms with E-state index in [0.717, 1.165) is 37.4 Å². The van der Waals surface area contributed by atoms with Crippen molar-refractivity contribution in [3.8, 4) is 0 Å². The number of nitrogens with zero attached hydrogens (tertiary/aromatic N) is 4. The quantitative estimate of drug-likeness (QED) is 0.856. The number of aryl methyl sites for hydroxylation is 1. The van der Waals surface area contributed by atoms with Crippen LogP contribution in [-0.4, -0.2) is 59.1 Å². The molecule has 1 N–H and O–H groups in total. The standard InChI is InChI=1S/C18H25N5O2/c1-13-20-17(21-25-13)12-22(3)16-7-8-23(11-16)10-14-5-4-6-15(9-14)18(24)19-2/h4-6,9,16H,7-8,10-12H2,1-3H3,(H,19,24)/t16-/m1/s1. The number of carbonyl (C=O) groups excluding carboxylic acids is 1. The zero-order valence-electron chi connectivity index (χ0n) is 15.0. The molecule has 1 aromatic heterocycles. The fourth-order valence-corrected chi connectivity index (χ4v) is 3.29. The van der Waals surface area contributed by atoms with Gasteiger partial charge >= 0.3 is 0 Å². The highest BCUT2D eigenvalue weighted by atomic mass is 16.5. The highest BCUT2D eigenvalue weighted by Gasteiger charge is 2.26. The van der Waals surface area contributed by atoms with Gasteiger partial charge in [0, 0.05) is 45.2 Å². The summed E-state index contributed by atoms with van der Waals surface area (Å²) in [6, 6.07) is 8.30. The molecule has 0 unspecified atom stereocenters. The van der Waals surface area contributed by atoms with Crippen molar-refractivity contribution in [3.63, 3.8) is 0 Å². The topological polar surface area (TPSA) is 74.5 Å². The van der Waals surface area contributed by atoms with E-state index < -0.39 is 0 Å². The molecule has 1 amide bonds. The third kappa shape index (κ3) is 4.43. The lowest BCUT2D eigenvalue weighted by Gasteiger charge is -2.23. The summed E-state index contributed by atoms with van der Waals surface area (Å²) in [7, 11) is 3.76. The molecule has 0 saturated carbocycles. The number of rotatable bonds is 6. The molecule has 1 aromatic carbocycles. The van der Waals surface area contributed by atoms with Gasteiger partial charge in [0.1, 0.15) is 0 Å². The third-order valence-electron chi connectivity index (χ3n) is 4.65. The first-order chi connectivity index (χ1) is 12.0. The van der Waals surface area contributed by atoms with Crippen molar-refractivity contribution in [3.05, 3.63) is 47.1 Å². The fourth-order valence-electron chi connectivity index (χ4n) is 3.29. The van der Waals surface area contributed by atoms with Crippen LogP contribution in [0.4, 0.5) is 0 Å². The Labute approximate surface area is 148 Å². The summed E-state index contributed by atoms with van der Waals surface area (Å²) in [5.74, 6) is 1.29. The van der Waals surface area contributed by atoms with Gasteiger partial charge in [0.2, 0.25) is 5.89 Å². The molecule has 0 bridgehead atoms. The van der Waals surface area contributed by atoms with Crippen molar-refractivity contribution < 1.29 is 9.32 Å². The normalized spacial score (nSPS) is 18.0. The van der Waals surface area contributed by atoms with Crippen LogP contribution in [0.2, 0.25) is 0 Å². The summed E-state index contributed by atoms with van der Waals surface area (Å²) >= 11 is 0. The van der Waals surface area contributed by atoms with Crippen molar-refractivity contribution in [1.29, 1.82) is 0 Å². The van der Waals surface area contributed by atoms with Gasteiger partial charge in [-0.3, -0.25) is 14.6 Å². The molecule has 1 fully saturated rings. The second-order valence-electron chi connectivity index (χ2n) is 6.60. The molecule has 1 aliphatic heterocycles. The number of likely N-dealkylation sites (tertiary alicyclic amines) is 1. The molecule has 0 radical (unpaired) electrons. The molecule has 0 spiro atoms. The average Bonchev–Trinajstić information content (AvgIpc) is 3.23. The molecule has 1 atom stereocenters. The average molecular weight is 343 g/mol. The van der Waals surface area contributed by atoms with Gasteiger partial charge in [-0.1, -0.05) is 17.3 Å². The summed E-state index contributed by atoms with van der Waals surface area (Å²) in [6.45, 7) is 5.40. The first kappa shape index (κ1) is 17.6. The molecule has 25 heavy (non-hydrogen) atoms. The van der Waals surface area contributed by atoms with Gasteiger partial charge in [-0.25, -0.2) is 0 Å². The number of aromatic nitrogens is 2. The molecule has 2 heterocycles. The van der Waals surface area contributed by atoms with Crippen LogP contribution in [0, 0.1) is 6.92 Å². The van der Waals surface area contributed by atoms with E-state index in [1.165, 1.54) is 0 Å². The van der Waals surface area contributed by atoms with Crippen LogP contribution in [0.15, 0.2) is 28.8 Å². The van der Waals surface area contributed by atoms with Crippen LogP contribution in [0.1, 0.15) is 34.1 Å². The van der Waals surface area contributed by atoms with Crippen molar-refractivity contribution >= 4 is 5.91 Å². The first-order valence-corrected chi connectivity index (χ1v) is 8.58. The summed E-state index contributed by atoms with van der Waals surface area (Å²) in [4.78, 5) is 20.7. The predicted molar refractivity (Wildman–Crippen MR) is 94.0 cm³/mol. The van der Waals surface area contributed by atoms with Gasteiger partial charge in [-0.15, -0.1) is 0 Å². The molecule has 1 aliphatic rings. The van der Waals surface area contributed by atoms with Crippen molar-refractivity contribution in [1.82, 2.24) is 25.3 Å². The van der Waals surface area contributed by atoms with Crippen LogP contribution in [-0.2, 0) is 13.1 Å². The third-order valence-corrected chi connectivity index (χ3v) is 4.65. The van der Waals surface area contributed by atoms with Gasteiger partial charge < -0.3 is 9.84 Å². The van der Waals surface area contributed by atoms with E-state index in [1.807, 2.05) is 18.2 Å². The lowest BCUT2D eigenvalue weighted by Crippen LogP contribution is -2.34. The SMILES string of the molecule is CNC(=O)c1cccc(CN2CC[C@@H](N(C)Cc3noc(C)n3)C2)c1. The van der Waals surface area contributed by atoms with E-state index in [0.29, 0.717) is 24.0 Å². The summed E-state index contributed by atoms with van der Waals surface area (Å²) in [5.41, 5.74) is 1.87. The maximum absolute atomic E-state index is 11.8. The van der Waals surface area contributed by atoms with Crippen LogP contribution in [0.25, 0.3) is 0 Å².